The lowest BCUT2D eigenvalue weighted by molar-refractivity contribution is 0.0858. The van der Waals surface area contributed by atoms with E-state index < -0.39 is 0 Å². The van der Waals surface area contributed by atoms with Crippen LogP contribution in [0.15, 0.2) is 0 Å². The molecule has 4 N–H and O–H groups in total. The SMILES string of the molecule is CN1CCN(Cc2nc(N)nc(N(C)C)n2)C(CN)C1. The van der Waals surface area contributed by atoms with Crippen LogP contribution in [0.25, 0.3) is 0 Å². The second kappa shape index (κ2) is 6.29. The molecule has 8 nitrogen and oxygen atoms in total. The van der Waals surface area contributed by atoms with Crippen molar-refractivity contribution >= 4 is 11.9 Å². The molecule has 0 spiro atoms. The zero-order valence-corrected chi connectivity index (χ0v) is 12.5. The molecule has 0 amide bonds. The fourth-order valence-corrected chi connectivity index (χ4v) is 2.36. The Morgan fingerprint density at radius 2 is 2.00 bits per heavy atom. The van der Waals surface area contributed by atoms with E-state index in [9.17, 15) is 0 Å². The average molecular weight is 280 g/mol. The van der Waals surface area contributed by atoms with E-state index in [0.29, 0.717) is 30.9 Å². The van der Waals surface area contributed by atoms with Crippen molar-refractivity contribution in [3.63, 3.8) is 0 Å². The number of aromatic nitrogens is 3. The van der Waals surface area contributed by atoms with Gasteiger partial charge in [-0.05, 0) is 7.05 Å². The van der Waals surface area contributed by atoms with Gasteiger partial charge in [0.15, 0.2) is 0 Å². The number of rotatable bonds is 4. The molecule has 20 heavy (non-hydrogen) atoms. The van der Waals surface area contributed by atoms with Crippen LogP contribution in [0.5, 0.6) is 0 Å². The minimum atomic E-state index is 0.261. The van der Waals surface area contributed by atoms with E-state index in [1.165, 1.54) is 0 Å². The molecule has 1 saturated heterocycles. The highest BCUT2D eigenvalue weighted by Crippen LogP contribution is 2.13. The number of hydrogen-bond donors (Lipinski definition) is 2. The first-order valence-electron chi connectivity index (χ1n) is 6.80. The van der Waals surface area contributed by atoms with Crippen LogP contribution in [-0.4, -0.2) is 78.1 Å². The smallest absolute Gasteiger partial charge is 0.229 e. The van der Waals surface area contributed by atoms with Crippen LogP contribution in [0.3, 0.4) is 0 Å². The molecule has 1 atom stereocenters. The molecule has 112 valence electrons. The minimum Gasteiger partial charge on any atom is -0.368 e. The van der Waals surface area contributed by atoms with Crippen molar-refractivity contribution in [1.29, 1.82) is 0 Å². The number of likely N-dealkylation sites (N-methyl/N-ethyl adjacent to an activating group) is 1. The average Bonchev–Trinajstić information content (AvgIpc) is 2.40. The van der Waals surface area contributed by atoms with Crippen LogP contribution in [0.4, 0.5) is 11.9 Å². The first kappa shape index (κ1) is 14.9. The Hall–Kier alpha value is -1.51. The molecule has 1 aromatic rings. The summed E-state index contributed by atoms with van der Waals surface area (Å²) in [6.45, 7) is 4.24. The van der Waals surface area contributed by atoms with Gasteiger partial charge in [-0.1, -0.05) is 0 Å². The zero-order chi connectivity index (χ0) is 14.7. The third-order valence-corrected chi connectivity index (χ3v) is 3.51. The van der Waals surface area contributed by atoms with Gasteiger partial charge in [0.25, 0.3) is 0 Å². The number of anilines is 2. The summed E-state index contributed by atoms with van der Waals surface area (Å²) in [4.78, 5) is 19.2. The predicted molar refractivity (Wildman–Crippen MR) is 79.3 cm³/mol. The summed E-state index contributed by atoms with van der Waals surface area (Å²) in [5.74, 6) is 1.55. The van der Waals surface area contributed by atoms with Crippen LogP contribution < -0.4 is 16.4 Å². The van der Waals surface area contributed by atoms with Crippen molar-refractivity contribution in [3.8, 4) is 0 Å². The number of nitrogens with two attached hydrogens (primary N) is 2. The van der Waals surface area contributed by atoms with Gasteiger partial charge in [-0.2, -0.15) is 15.0 Å². The van der Waals surface area contributed by atoms with Gasteiger partial charge < -0.3 is 21.3 Å². The number of hydrogen-bond acceptors (Lipinski definition) is 8. The molecular weight excluding hydrogens is 256 g/mol. The maximum absolute atomic E-state index is 5.86. The summed E-state index contributed by atoms with van der Waals surface area (Å²) in [6.07, 6.45) is 0. The fraction of sp³-hybridized carbons (Fsp3) is 0.750. The van der Waals surface area contributed by atoms with E-state index in [1.54, 1.807) is 0 Å². The van der Waals surface area contributed by atoms with Crippen molar-refractivity contribution in [2.24, 2.45) is 5.73 Å². The largest absolute Gasteiger partial charge is 0.368 e. The fourth-order valence-electron chi connectivity index (χ4n) is 2.36. The molecule has 1 aliphatic heterocycles. The van der Waals surface area contributed by atoms with E-state index >= 15 is 0 Å². The second-order valence-electron chi connectivity index (χ2n) is 5.43. The third-order valence-electron chi connectivity index (χ3n) is 3.51. The maximum atomic E-state index is 5.86. The van der Waals surface area contributed by atoms with Crippen molar-refractivity contribution < 1.29 is 0 Å². The Kier molecular flexibility index (Phi) is 4.69. The molecule has 0 bridgehead atoms. The molecule has 0 radical (unpaired) electrons. The monoisotopic (exact) mass is 280 g/mol. The Balaban J connectivity index is 2.12. The lowest BCUT2D eigenvalue weighted by atomic mass is 10.1. The molecule has 8 heteroatoms. The molecule has 1 aromatic heterocycles. The van der Waals surface area contributed by atoms with Gasteiger partial charge in [0.05, 0.1) is 6.54 Å². The highest BCUT2D eigenvalue weighted by molar-refractivity contribution is 5.32. The number of nitrogen functional groups attached to an aromatic ring is 1. The maximum Gasteiger partial charge on any atom is 0.229 e. The lowest BCUT2D eigenvalue weighted by Gasteiger charge is -2.39. The van der Waals surface area contributed by atoms with Gasteiger partial charge in [0.1, 0.15) is 5.82 Å². The van der Waals surface area contributed by atoms with Crippen LogP contribution in [0, 0.1) is 0 Å². The highest BCUT2D eigenvalue weighted by Gasteiger charge is 2.25. The molecule has 0 aromatic carbocycles. The van der Waals surface area contributed by atoms with Crippen LogP contribution >= 0.6 is 0 Å². The van der Waals surface area contributed by atoms with Gasteiger partial charge in [0.2, 0.25) is 11.9 Å². The summed E-state index contributed by atoms with van der Waals surface area (Å²) in [5, 5.41) is 0. The molecule has 0 saturated carbocycles. The molecule has 1 fully saturated rings. The molecule has 0 aliphatic carbocycles. The Morgan fingerprint density at radius 3 is 2.65 bits per heavy atom. The quantitative estimate of drug-likeness (QED) is 0.694. The van der Waals surface area contributed by atoms with Gasteiger partial charge >= 0.3 is 0 Å². The van der Waals surface area contributed by atoms with Crippen LogP contribution in [0.2, 0.25) is 0 Å². The van der Waals surface area contributed by atoms with Crippen molar-refractivity contribution in [2.75, 3.05) is 58.0 Å². The summed E-state index contributed by atoms with van der Waals surface area (Å²) >= 11 is 0. The molecule has 1 aliphatic rings. The van der Waals surface area contributed by atoms with Gasteiger partial charge in [-0.25, -0.2) is 0 Å². The van der Waals surface area contributed by atoms with E-state index in [1.807, 2.05) is 19.0 Å². The summed E-state index contributed by atoms with van der Waals surface area (Å²) < 4.78 is 0. The Morgan fingerprint density at radius 1 is 1.25 bits per heavy atom. The zero-order valence-electron chi connectivity index (χ0n) is 12.5. The highest BCUT2D eigenvalue weighted by atomic mass is 15.3. The topological polar surface area (TPSA) is 100 Å². The third kappa shape index (κ3) is 3.53. The Labute approximate surface area is 119 Å². The van der Waals surface area contributed by atoms with E-state index in [0.717, 1.165) is 19.6 Å². The molecule has 1 unspecified atom stereocenters. The van der Waals surface area contributed by atoms with Gasteiger partial charge in [-0.15, -0.1) is 0 Å². The first-order valence-corrected chi connectivity index (χ1v) is 6.80. The summed E-state index contributed by atoms with van der Waals surface area (Å²) in [7, 11) is 5.89. The second-order valence-corrected chi connectivity index (χ2v) is 5.43. The summed E-state index contributed by atoms with van der Waals surface area (Å²) in [5.41, 5.74) is 11.6. The normalized spacial score (nSPS) is 21.1. The van der Waals surface area contributed by atoms with E-state index in [2.05, 4.69) is 31.8 Å². The van der Waals surface area contributed by atoms with Crippen molar-refractivity contribution in [2.45, 2.75) is 12.6 Å². The molecular formula is C12H24N8. The number of nitrogens with zero attached hydrogens (tertiary/aromatic N) is 6. The number of piperazine rings is 1. The van der Waals surface area contributed by atoms with Crippen LogP contribution in [-0.2, 0) is 6.54 Å². The van der Waals surface area contributed by atoms with Gasteiger partial charge in [0, 0.05) is 46.3 Å². The Bertz CT molecular complexity index is 449. The standard InChI is InChI=1S/C12H24N8/c1-18(2)12-16-10(15-11(14)17-12)8-20-5-4-19(3)7-9(20)6-13/h9H,4-8,13H2,1-3H3,(H2,14,15,16,17). The van der Waals surface area contributed by atoms with Crippen LogP contribution in [0.1, 0.15) is 5.82 Å². The first-order chi connectivity index (χ1) is 9.49. The predicted octanol–water partition coefficient (Wildman–Crippen LogP) is -1.41. The van der Waals surface area contributed by atoms with Crippen molar-refractivity contribution in [3.05, 3.63) is 5.82 Å². The van der Waals surface area contributed by atoms with Gasteiger partial charge in [-0.3, -0.25) is 4.90 Å². The van der Waals surface area contributed by atoms with E-state index in [-0.39, 0.29) is 5.95 Å². The lowest BCUT2D eigenvalue weighted by Crippen LogP contribution is -2.54. The van der Waals surface area contributed by atoms with Crippen molar-refractivity contribution in [1.82, 2.24) is 24.8 Å². The van der Waals surface area contributed by atoms with E-state index in [4.69, 9.17) is 11.5 Å². The molecule has 2 rings (SSSR count). The minimum absolute atomic E-state index is 0.261. The summed E-state index contributed by atoms with van der Waals surface area (Å²) in [6, 6.07) is 0.328. The molecule has 2 heterocycles.